The van der Waals surface area contributed by atoms with Gasteiger partial charge in [-0.05, 0) is 43.1 Å². The minimum absolute atomic E-state index is 0.289. The number of hydrogen-bond donors (Lipinski definition) is 2. The Bertz CT molecular complexity index is 419. The molecule has 2 rings (SSSR count). The summed E-state index contributed by atoms with van der Waals surface area (Å²) in [5.41, 5.74) is 1.28. The third-order valence-electron chi connectivity index (χ3n) is 3.07. The van der Waals surface area contributed by atoms with Gasteiger partial charge in [-0.1, -0.05) is 0 Å². The van der Waals surface area contributed by atoms with Crippen LogP contribution in [0.5, 0.6) is 0 Å². The van der Waals surface area contributed by atoms with Gasteiger partial charge in [0.05, 0.1) is 11.6 Å². The molecule has 1 atom stereocenters. The topological polar surface area (TPSA) is 47.9 Å². The van der Waals surface area contributed by atoms with E-state index >= 15 is 0 Å². The van der Waals surface area contributed by atoms with Crippen molar-refractivity contribution in [2.75, 3.05) is 13.1 Å². The third kappa shape index (κ3) is 3.26. The number of halogens is 1. The van der Waals surface area contributed by atoms with Crippen molar-refractivity contribution in [3.8, 4) is 6.07 Å². The Labute approximate surface area is 101 Å². The lowest BCUT2D eigenvalue weighted by Gasteiger charge is -2.24. The Morgan fingerprint density at radius 3 is 3.12 bits per heavy atom. The third-order valence-corrected chi connectivity index (χ3v) is 3.07. The predicted octanol–water partition coefficient (Wildman–Crippen LogP) is 1.54. The molecule has 0 aliphatic carbocycles. The van der Waals surface area contributed by atoms with Crippen molar-refractivity contribution in [2.24, 2.45) is 0 Å². The van der Waals surface area contributed by atoms with Gasteiger partial charge in [0.2, 0.25) is 0 Å². The minimum Gasteiger partial charge on any atom is -0.315 e. The monoisotopic (exact) mass is 233 g/mol. The largest absolute Gasteiger partial charge is 0.315 e. The van der Waals surface area contributed by atoms with Gasteiger partial charge in [-0.3, -0.25) is 0 Å². The quantitative estimate of drug-likeness (QED) is 0.832. The van der Waals surface area contributed by atoms with Gasteiger partial charge in [0.1, 0.15) is 5.82 Å². The highest BCUT2D eigenvalue weighted by atomic mass is 19.1. The molecule has 1 aliphatic rings. The highest BCUT2D eigenvalue weighted by molar-refractivity contribution is 5.37. The lowest BCUT2D eigenvalue weighted by molar-refractivity contribution is 0.388. The van der Waals surface area contributed by atoms with Gasteiger partial charge in [0, 0.05) is 19.1 Å². The van der Waals surface area contributed by atoms with E-state index in [4.69, 9.17) is 5.26 Å². The van der Waals surface area contributed by atoms with E-state index in [1.807, 2.05) is 0 Å². The van der Waals surface area contributed by atoms with Crippen molar-refractivity contribution < 1.29 is 4.39 Å². The van der Waals surface area contributed by atoms with E-state index in [0.29, 0.717) is 18.2 Å². The molecule has 0 bridgehead atoms. The maximum Gasteiger partial charge on any atom is 0.123 e. The molecule has 0 radical (unpaired) electrons. The Hall–Kier alpha value is -1.44. The van der Waals surface area contributed by atoms with E-state index in [0.717, 1.165) is 31.5 Å². The zero-order valence-electron chi connectivity index (χ0n) is 9.67. The molecule has 2 N–H and O–H groups in total. The van der Waals surface area contributed by atoms with Gasteiger partial charge in [-0.2, -0.15) is 5.26 Å². The van der Waals surface area contributed by atoms with Crippen molar-refractivity contribution in [1.29, 1.82) is 5.26 Å². The van der Waals surface area contributed by atoms with Gasteiger partial charge in [-0.15, -0.1) is 0 Å². The van der Waals surface area contributed by atoms with E-state index in [2.05, 4.69) is 16.7 Å². The van der Waals surface area contributed by atoms with Gasteiger partial charge in [-0.25, -0.2) is 4.39 Å². The van der Waals surface area contributed by atoms with Crippen LogP contribution in [0.25, 0.3) is 0 Å². The molecular formula is C13H16FN3. The van der Waals surface area contributed by atoms with Crippen LogP contribution in [0.4, 0.5) is 4.39 Å². The van der Waals surface area contributed by atoms with Gasteiger partial charge >= 0.3 is 0 Å². The zero-order chi connectivity index (χ0) is 12.1. The van der Waals surface area contributed by atoms with Crippen LogP contribution in [0.15, 0.2) is 18.2 Å². The lowest BCUT2D eigenvalue weighted by atomic mass is 10.1. The van der Waals surface area contributed by atoms with Crippen LogP contribution in [0.2, 0.25) is 0 Å². The van der Waals surface area contributed by atoms with Gasteiger partial charge in [0.25, 0.3) is 0 Å². The highest BCUT2D eigenvalue weighted by Gasteiger charge is 2.12. The standard InChI is InChI=1S/C13H16FN3/c14-12-4-3-10(7-15)11(6-12)8-17-13-2-1-5-16-9-13/h3-4,6,13,16-17H,1-2,5,8-9H2/t13-/m1/s1. The molecule has 1 aliphatic heterocycles. The first kappa shape index (κ1) is 12.0. The number of benzene rings is 1. The molecular weight excluding hydrogens is 217 g/mol. The first-order valence-electron chi connectivity index (χ1n) is 5.92. The molecule has 17 heavy (non-hydrogen) atoms. The summed E-state index contributed by atoms with van der Waals surface area (Å²) < 4.78 is 13.1. The lowest BCUT2D eigenvalue weighted by Crippen LogP contribution is -2.42. The van der Waals surface area contributed by atoms with Crippen LogP contribution >= 0.6 is 0 Å². The van der Waals surface area contributed by atoms with E-state index in [9.17, 15) is 4.39 Å². The average molecular weight is 233 g/mol. The van der Waals surface area contributed by atoms with Crippen LogP contribution in [0.3, 0.4) is 0 Å². The number of piperidine rings is 1. The van der Waals surface area contributed by atoms with Crippen molar-refractivity contribution in [1.82, 2.24) is 10.6 Å². The van der Waals surface area contributed by atoms with Crippen molar-refractivity contribution in [2.45, 2.75) is 25.4 Å². The smallest absolute Gasteiger partial charge is 0.123 e. The van der Waals surface area contributed by atoms with Crippen LogP contribution in [-0.4, -0.2) is 19.1 Å². The average Bonchev–Trinajstić information content (AvgIpc) is 2.38. The van der Waals surface area contributed by atoms with Crippen LogP contribution in [0, 0.1) is 17.1 Å². The van der Waals surface area contributed by atoms with E-state index in [1.54, 1.807) is 0 Å². The molecule has 0 unspecified atom stereocenters. The summed E-state index contributed by atoms with van der Waals surface area (Å²) in [6.45, 7) is 2.56. The number of hydrogen-bond acceptors (Lipinski definition) is 3. The van der Waals surface area contributed by atoms with Crippen molar-refractivity contribution >= 4 is 0 Å². The summed E-state index contributed by atoms with van der Waals surface area (Å²) in [5, 5.41) is 15.6. The maximum absolute atomic E-state index is 13.1. The summed E-state index contributed by atoms with van der Waals surface area (Å²) >= 11 is 0. The Morgan fingerprint density at radius 2 is 2.41 bits per heavy atom. The Balaban J connectivity index is 1.98. The van der Waals surface area contributed by atoms with Crippen molar-refractivity contribution in [3.05, 3.63) is 35.1 Å². The first-order valence-corrected chi connectivity index (χ1v) is 5.92. The second-order valence-corrected chi connectivity index (χ2v) is 4.34. The van der Waals surface area contributed by atoms with Crippen LogP contribution in [-0.2, 0) is 6.54 Å². The second kappa shape index (κ2) is 5.76. The van der Waals surface area contributed by atoms with Crippen LogP contribution < -0.4 is 10.6 Å². The van der Waals surface area contributed by atoms with Gasteiger partial charge in [0.15, 0.2) is 0 Å². The molecule has 4 heteroatoms. The molecule has 1 aromatic carbocycles. The fourth-order valence-corrected chi connectivity index (χ4v) is 2.10. The fraction of sp³-hybridized carbons (Fsp3) is 0.462. The molecule has 1 aromatic rings. The molecule has 0 aromatic heterocycles. The van der Waals surface area contributed by atoms with E-state index < -0.39 is 0 Å². The summed E-state index contributed by atoms with van der Waals surface area (Å²) in [6, 6.07) is 6.79. The number of nitrogens with one attached hydrogen (secondary N) is 2. The fourth-order valence-electron chi connectivity index (χ4n) is 2.10. The number of nitriles is 1. The number of nitrogens with zero attached hydrogens (tertiary/aromatic N) is 1. The molecule has 3 nitrogen and oxygen atoms in total. The Kier molecular flexibility index (Phi) is 4.08. The molecule has 1 saturated heterocycles. The molecule has 0 amide bonds. The van der Waals surface area contributed by atoms with Gasteiger partial charge < -0.3 is 10.6 Å². The summed E-state index contributed by atoms with van der Waals surface area (Å²) in [7, 11) is 0. The normalized spacial score (nSPS) is 19.9. The zero-order valence-corrected chi connectivity index (χ0v) is 9.67. The minimum atomic E-state index is -0.289. The first-order chi connectivity index (χ1) is 8.29. The summed E-state index contributed by atoms with van der Waals surface area (Å²) in [5.74, 6) is -0.289. The second-order valence-electron chi connectivity index (χ2n) is 4.34. The van der Waals surface area contributed by atoms with Crippen molar-refractivity contribution in [3.63, 3.8) is 0 Å². The molecule has 90 valence electrons. The molecule has 0 spiro atoms. The summed E-state index contributed by atoms with van der Waals surface area (Å²) in [4.78, 5) is 0. The maximum atomic E-state index is 13.1. The molecule has 0 saturated carbocycles. The van der Waals surface area contributed by atoms with E-state index in [-0.39, 0.29) is 5.82 Å². The van der Waals surface area contributed by atoms with E-state index in [1.165, 1.54) is 18.2 Å². The summed E-state index contributed by atoms with van der Waals surface area (Å²) in [6.07, 6.45) is 2.29. The van der Waals surface area contributed by atoms with Crippen LogP contribution in [0.1, 0.15) is 24.0 Å². The molecule has 1 fully saturated rings. The predicted molar refractivity (Wildman–Crippen MR) is 63.8 cm³/mol. The number of rotatable bonds is 3. The Morgan fingerprint density at radius 1 is 1.53 bits per heavy atom. The SMILES string of the molecule is N#Cc1ccc(F)cc1CN[C@@H]1CCCNC1. The molecule has 1 heterocycles. The highest BCUT2D eigenvalue weighted by Crippen LogP contribution is 2.11.